The lowest BCUT2D eigenvalue weighted by atomic mass is 9.97. The maximum atomic E-state index is 11.8. The molecule has 0 aliphatic rings. The van der Waals surface area contributed by atoms with Crippen LogP contribution < -0.4 is 10.1 Å². The summed E-state index contributed by atoms with van der Waals surface area (Å²) in [4.78, 5) is 11.8. The Bertz CT molecular complexity index is 435. The van der Waals surface area contributed by atoms with E-state index in [1.165, 1.54) is 0 Å². The Hall–Kier alpha value is -1.55. The van der Waals surface area contributed by atoms with E-state index < -0.39 is 6.10 Å². The summed E-state index contributed by atoms with van der Waals surface area (Å²) in [5, 5.41) is 12.7. The van der Waals surface area contributed by atoms with Gasteiger partial charge >= 0.3 is 0 Å². The third-order valence-corrected chi connectivity index (χ3v) is 3.86. The van der Waals surface area contributed by atoms with Crippen molar-refractivity contribution < 1.29 is 14.6 Å². The van der Waals surface area contributed by atoms with Gasteiger partial charge in [-0.05, 0) is 30.9 Å². The molecule has 0 saturated heterocycles. The van der Waals surface area contributed by atoms with E-state index in [1.54, 1.807) is 0 Å². The lowest BCUT2D eigenvalue weighted by Crippen LogP contribution is -2.38. The number of hydrogen-bond acceptors (Lipinski definition) is 3. The number of ether oxygens (including phenoxy) is 1. The number of nitrogens with one attached hydrogen (secondary N) is 1. The minimum atomic E-state index is -0.496. The molecule has 1 rings (SSSR count). The highest BCUT2D eigenvalue weighted by atomic mass is 16.5. The molecule has 0 aliphatic heterocycles. The van der Waals surface area contributed by atoms with Crippen molar-refractivity contribution in [3.05, 3.63) is 29.3 Å². The van der Waals surface area contributed by atoms with Gasteiger partial charge in [0.25, 0.3) is 5.91 Å². The zero-order chi connectivity index (χ0) is 15.8. The van der Waals surface area contributed by atoms with Crippen molar-refractivity contribution in [2.24, 2.45) is 5.92 Å². The summed E-state index contributed by atoms with van der Waals surface area (Å²) in [6.45, 7) is 8.25. The van der Waals surface area contributed by atoms with Gasteiger partial charge in [-0.25, -0.2) is 0 Å². The second-order valence-corrected chi connectivity index (χ2v) is 5.46. The van der Waals surface area contributed by atoms with Crippen molar-refractivity contribution >= 4 is 5.91 Å². The van der Waals surface area contributed by atoms with Gasteiger partial charge in [0.1, 0.15) is 5.75 Å². The number of carbonyl (C=O) groups is 1. The molecule has 4 nitrogen and oxygen atoms in total. The smallest absolute Gasteiger partial charge is 0.258 e. The van der Waals surface area contributed by atoms with Gasteiger partial charge in [-0.15, -0.1) is 0 Å². The van der Waals surface area contributed by atoms with Crippen LogP contribution in [0.1, 0.15) is 37.8 Å². The molecule has 0 bridgehead atoms. The Labute approximate surface area is 127 Å². The van der Waals surface area contributed by atoms with Crippen molar-refractivity contribution in [1.82, 2.24) is 5.32 Å². The second-order valence-electron chi connectivity index (χ2n) is 5.46. The van der Waals surface area contributed by atoms with Crippen LogP contribution in [0.25, 0.3) is 0 Å². The highest BCUT2D eigenvalue weighted by molar-refractivity contribution is 5.77. The van der Waals surface area contributed by atoms with Crippen LogP contribution >= 0.6 is 0 Å². The molecule has 1 atom stereocenters. The van der Waals surface area contributed by atoms with Gasteiger partial charge < -0.3 is 15.2 Å². The summed E-state index contributed by atoms with van der Waals surface area (Å²) >= 11 is 0. The number of aliphatic hydroxyl groups is 1. The molecule has 0 spiro atoms. The van der Waals surface area contributed by atoms with E-state index in [2.05, 4.69) is 5.32 Å². The van der Waals surface area contributed by atoms with E-state index in [4.69, 9.17) is 4.74 Å². The zero-order valence-corrected chi connectivity index (χ0v) is 13.5. The average molecular weight is 293 g/mol. The predicted octanol–water partition coefficient (Wildman–Crippen LogP) is 2.60. The molecule has 0 saturated carbocycles. The molecular weight excluding hydrogens is 266 g/mol. The third kappa shape index (κ3) is 5.38. The minimum Gasteiger partial charge on any atom is -0.483 e. The zero-order valence-electron chi connectivity index (χ0n) is 13.5. The average Bonchev–Trinajstić information content (AvgIpc) is 2.46. The number of aryl methyl sites for hydroxylation is 2. The Kier molecular flexibility index (Phi) is 7.23. The lowest BCUT2D eigenvalue weighted by Gasteiger charge is -2.20. The highest BCUT2D eigenvalue weighted by Crippen LogP contribution is 2.22. The molecule has 0 aliphatic carbocycles. The minimum absolute atomic E-state index is 0.0265. The van der Waals surface area contributed by atoms with Gasteiger partial charge in [-0.1, -0.05) is 44.9 Å². The Morgan fingerprint density at radius 2 is 1.81 bits per heavy atom. The van der Waals surface area contributed by atoms with E-state index in [0.29, 0.717) is 0 Å². The molecule has 0 radical (unpaired) electrons. The maximum Gasteiger partial charge on any atom is 0.258 e. The van der Waals surface area contributed by atoms with Crippen LogP contribution in [0, 0.1) is 19.8 Å². The Balaban J connectivity index is 2.41. The molecule has 1 aromatic carbocycles. The molecule has 1 unspecified atom stereocenters. The van der Waals surface area contributed by atoms with Crippen molar-refractivity contribution in [2.45, 2.75) is 46.6 Å². The number of rotatable bonds is 8. The van der Waals surface area contributed by atoms with Crippen LogP contribution in [0.3, 0.4) is 0 Å². The second kappa shape index (κ2) is 8.67. The fourth-order valence-corrected chi connectivity index (χ4v) is 2.43. The van der Waals surface area contributed by atoms with Gasteiger partial charge in [0.05, 0.1) is 6.10 Å². The van der Waals surface area contributed by atoms with Crippen LogP contribution in [0.2, 0.25) is 0 Å². The first-order chi connectivity index (χ1) is 9.99. The summed E-state index contributed by atoms with van der Waals surface area (Å²) < 4.78 is 5.58. The highest BCUT2D eigenvalue weighted by Gasteiger charge is 2.16. The van der Waals surface area contributed by atoms with E-state index >= 15 is 0 Å². The van der Waals surface area contributed by atoms with Gasteiger partial charge in [-0.3, -0.25) is 4.79 Å². The predicted molar refractivity (Wildman–Crippen MR) is 84.5 cm³/mol. The first-order valence-electron chi connectivity index (χ1n) is 7.63. The first kappa shape index (κ1) is 17.5. The van der Waals surface area contributed by atoms with Crippen molar-refractivity contribution in [3.8, 4) is 5.75 Å². The molecule has 2 N–H and O–H groups in total. The molecule has 1 amide bonds. The monoisotopic (exact) mass is 293 g/mol. The third-order valence-electron chi connectivity index (χ3n) is 3.86. The van der Waals surface area contributed by atoms with Gasteiger partial charge in [0.2, 0.25) is 0 Å². The molecule has 118 valence electrons. The number of para-hydroxylation sites is 1. The van der Waals surface area contributed by atoms with E-state index in [0.717, 1.165) is 29.7 Å². The standard InChI is InChI=1S/C17H27NO3/c1-5-14(6-2)15(19)10-18-16(20)11-21-17-12(3)8-7-9-13(17)4/h7-9,14-15,19H,5-6,10-11H2,1-4H3,(H,18,20). The summed E-state index contributed by atoms with van der Waals surface area (Å²) in [6, 6.07) is 5.87. The summed E-state index contributed by atoms with van der Waals surface area (Å²) in [6.07, 6.45) is 1.32. The van der Waals surface area contributed by atoms with Crippen molar-refractivity contribution in [3.63, 3.8) is 0 Å². The Morgan fingerprint density at radius 1 is 1.24 bits per heavy atom. The molecule has 0 fully saturated rings. The normalized spacial score (nSPS) is 12.3. The molecule has 1 aromatic rings. The topological polar surface area (TPSA) is 58.6 Å². The first-order valence-corrected chi connectivity index (χ1v) is 7.63. The molecule has 0 heterocycles. The van der Waals surface area contributed by atoms with Crippen molar-refractivity contribution in [2.75, 3.05) is 13.2 Å². The molecular formula is C17H27NO3. The van der Waals surface area contributed by atoms with Crippen LogP contribution in [0.15, 0.2) is 18.2 Å². The SMILES string of the molecule is CCC(CC)C(O)CNC(=O)COc1c(C)cccc1C. The molecule has 21 heavy (non-hydrogen) atoms. The number of carbonyl (C=O) groups excluding carboxylic acids is 1. The summed E-state index contributed by atoms with van der Waals surface area (Å²) in [5.41, 5.74) is 2.03. The number of aliphatic hydroxyl groups excluding tert-OH is 1. The molecule has 4 heteroatoms. The Morgan fingerprint density at radius 3 is 2.33 bits per heavy atom. The van der Waals surface area contributed by atoms with E-state index in [-0.39, 0.29) is 25.0 Å². The largest absolute Gasteiger partial charge is 0.483 e. The van der Waals surface area contributed by atoms with Gasteiger partial charge in [0, 0.05) is 6.54 Å². The fraction of sp³-hybridized carbons (Fsp3) is 0.588. The maximum absolute atomic E-state index is 11.8. The van der Waals surface area contributed by atoms with Gasteiger partial charge in [-0.2, -0.15) is 0 Å². The van der Waals surface area contributed by atoms with Crippen LogP contribution in [-0.4, -0.2) is 30.3 Å². The number of amides is 1. The summed E-state index contributed by atoms with van der Waals surface area (Å²) in [5.74, 6) is 0.778. The summed E-state index contributed by atoms with van der Waals surface area (Å²) in [7, 11) is 0. The van der Waals surface area contributed by atoms with E-state index in [1.807, 2.05) is 45.9 Å². The van der Waals surface area contributed by atoms with Gasteiger partial charge in [0.15, 0.2) is 6.61 Å². The lowest BCUT2D eigenvalue weighted by molar-refractivity contribution is -0.123. The fourth-order valence-electron chi connectivity index (χ4n) is 2.43. The van der Waals surface area contributed by atoms with Crippen molar-refractivity contribution in [1.29, 1.82) is 0 Å². The van der Waals surface area contributed by atoms with Crippen LogP contribution in [0.5, 0.6) is 5.75 Å². The number of benzene rings is 1. The quantitative estimate of drug-likeness (QED) is 0.774. The molecule has 0 aromatic heterocycles. The van der Waals surface area contributed by atoms with Crippen LogP contribution in [-0.2, 0) is 4.79 Å². The number of hydrogen-bond donors (Lipinski definition) is 2. The van der Waals surface area contributed by atoms with E-state index in [9.17, 15) is 9.90 Å². The van der Waals surface area contributed by atoms with Crippen LogP contribution in [0.4, 0.5) is 0 Å².